The molecule has 1 nitrogen and oxygen atoms in total. The van der Waals surface area contributed by atoms with Crippen LogP contribution in [0.5, 0.6) is 0 Å². The van der Waals surface area contributed by atoms with Crippen molar-refractivity contribution in [1.29, 1.82) is 0 Å². The average molecular weight is 386 g/mol. The summed E-state index contributed by atoms with van der Waals surface area (Å²) in [4.78, 5) is 2.44. The Kier molecular flexibility index (Phi) is 7.66. The monoisotopic (exact) mass is 385 g/mol. The third-order valence-electron chi connectivity index (χ3n) is 6.62. The van der Waals surface area contributed by atoms with Crippen molar-refractivity contribution in [2.75, 3.05) is 14.1 Å². The van der Waals surface area contributed by atoms with Crippen molar-refractivity contribution in [1.82, 2.24) is 4.90 Å². The molecule has 1 fully saturated rings. The molecule has 5 unspecified atom stereocenters. The summed E-state index contributed by atoms with van der Waals surface area (Å²) in [6, 6.07) is 22.8. The van der Waals surface area contributed by atoms with Gasteiger partial charge in [-0.05, 0) is 68.2 Å². The molecule has 152 valence electrons. The van der Waals surface area contributed by atoms with Crippen LogP contribution in [-0.2, 0) is 0 Å². The lowest BCUT2D eigenvalue weighted by Gasteiger charge is -2.50. The molecule has 0 spiro atoms. The molecule has 0 heterocycles. The van der Waals surface area contributed by atoms with Crippen LogP contribution in [0.15, 0.2) is 98.1 Å². The summed E-state index contributed by atoms with van der Waals surface area (Å²) in [6.45, 7) is 7.98. The van der Waals surface area contributed by atoms with E-state index in [9.17, 15) is 0 Å². The first kappa shape index (κ1) is 21.3. The Labute approximate surface area is 177 Å². The van der Waals surface area contributed by atoms with Gasteiger partial charge in [0.2, 0.25) is 0 Å². The highest BCUT2D eigenvalue weighted by Gasteiger charge is 2.45. The van der Waals surface area contributed by atoms with Crippen molar-refractivity contribution >= 4 is 0 Å². The summed E-state index contributed by atoms with van der Waals surface area (Å²) in [6.07, 6.45) is 11.7. The maximum Gasteiger partial charge on any atom is 0.0132 e. The quantitative estimate of drug-likeness (QED) is 0.355. The van der Waals surface area contributed by atoms with Crippen LogP contribution in [0.1, 0.15) is 42.2 Å². The second kappa shape index (κ2) is 10.4. The minimum Gasteiger partial charge on any atom is -0.306 e. The third kappa shape index (κ3) is 4.97. The van der Waals surface area contributed by atoms with Crippen LogP contribution >= 0.6 is 0 Å². The number of allylic oxidation sites excluding steroid dienone is 4. The van der Waals surface area contributed by atoms with Gasteiger partial charge in [0.1, 0.15) is 0 Å². The van der Waals surface area contributed by atoms with Gasteiger partial charge in [0.05, 0.1) is 0 Å². The largest absolute Gasteiger partial charge is 0.306 e. The highest BCUT2D eigenvalue weighted by atomic mass is 15.1. The Morgan fingerprint density at radius 2 is 1.48 bits per heavy atom. The van der Waals surface area contributed by atoms with Gasteiger partial charge in [-0.15, -0.1) is 6.58 Å². The molecule has 1 heteroatoms. The van der Waals surface area contributed by atoms with E-state index in [0.29, 0.717) is 29.7 Å². The van der Waals surface area contributed by atoms with Crippen LogP contribution in [0.3, 0.4) is 0 Å². The fraction of sp³-hybridized carbons (Fsp3) is 0.357. The summed E-state index contributed by atoms with van der Waals surface area (Å²) in [5.41, 5.74) is 2.93. The molecule has 0 amide bonds. The first-order chi connectivity index (χ1) is 14.2. The van der Waals surface area contributed by atoms with E-state index in [-0.39, 0.29) is 0 Å². The molecule has 1 aliphatic rings. The summed E-state index contributed by atoms with van der Waals surface area (Å²) < 4.78 is 0. The summed E-state index contributed by atoms with van der Waals surface area (Å²) in [5, 5.41) is 0. The molecular formula is C28H35N. The molecule has 0 aliphatic heterocycles. The zero-order valence-corrected chi connectivity index (χ0v) is 18.0. The van der Waals surface area contributed by atoms with E-state index >= 15 is 0 Å². The van der Waals surface area contributed by atoms with Crippen molar-refractivity contribution in [3.8, 4) is 0 Å². The molecule has 1 aliphatic carbocycles. The number of benzene rings is 2. The first-order valence-electron chi connectivity index (χ1n) is 10.8. The van der Waals surface area contributed by atoms with Crippen LogP contribution in [0.4, 0.5) is 0 Å². The molecule has 1 saturated carbocycles. The highest BCUT2D eigenvalue weighted by Crippen LogP contribution is 2.52. The minimum atomic E-state index is 0.495. The number of hydrogen-bond acceptors (Lipinski definition) is 1. The Hall–Kier alpha value is -2.38. The van der Waals surface area contributed by atoms with Crippen molar-refractivity contribution in [3.63, 3.8) is 0 Å². The van der Waals surface area contributed by atoms with Gasteiger partial charge >= 0.3 is 0 Å². The average Bonchev–Trinajstić information content (AvgIpc) is 2.75. The lowest BCUT2D eigenvalue weighted by molar-refractivity contribution is 0.0812. The Morgan fingerprint density at radius 3 is 2.03 bits per heavy atom. The van der Waals surface area contributed by atoms with Gasteiger partial charge in [0, 0.05) is 6.04 Å². The smallest absolute Gasteiger partial charge is 0.0132 e. The predicted octanol–water partition coefficient (Wildman–Crippen LogP) is 6.83. The van der Waals surface area contributed by atoms with Crippen LogP contribution in [0, 0.1) is 11.8 Å². The van der Waals surface area contributed by atoms with E-state index in [1.54, 1.807) is 0 Å². The fourth-order valence-electron chi connectivity index (χ4n) is 5.40. The molecule has 2 aromatic carbocycles. The lowest BCUT2D eigenvalue weighted by atomic mass is 9.58. The van der Waals surface area contributed by atoms with E-state index in [4.69, 9.17) is 0 Å². The Morgan fingerprint density at radius 1 is 0.862 bits per heavy atom. The fourth-order valence-corrected chi connectivity index (χ4v) is 5.40. The second-order valence-electron chi connectivity index (χ2n) is 8.47. The van der Waals surface area contributed by atoms with Gasteiger partial charge in [-0.2, -0.15) is 0 Å². The van der Waals surface area contributed by atoms with Gasteiger partial charge < -0.3 is 4.90 Å². The van der Waals surface area contributed by atoms with E-state index in [1.807, 2.05) is 6.08 Å². The number of nitrogens with zero attached hydrogens (tertiary/aromatic N) is 1. The zero-order valence-electron chi connectivity index (χ0n) is 18.0. The van der Waals surface area contributed by atoms with Crippen LogP contribution in [0.25, 0.3) is 0 Å². The Bertz CT molecular complexity index is 790. The van der Waals surface area contributed by atoms with Crippen LogP contribution in [-0.4, -0.2) is 25.0 Å². The van der Waals surface area contributed by atoms with Gasteiger partial charge in [0.15, 0.2) is 0 Å². The molecule has 0 saturated heterocycles. The summed E-state index contributed by atoms with van der Waals surface area (Å²) in [7, 11) is 4.48. The summed E-state index contributed by atoms with van der Waals surface area (Å²) >= 11 is 0. The highest BCUT2D eigenvalue weighted by molar-refractivity contribution is 5.30. The first-order valence-corrected chi connectivity index (χ1v) is 10.8. The molecule has 0 radical (unpaired) electrons. The topological polar surface area (TPSA) is 3.24 Å². The van der Waals surface area contributed by atoms with E-state index in [1.165, 1.54) is 17.5 Å². The predicted molar refractivity (Wildman–Crippen MR) is 126 cm³/mol. The SMILES string of the molecule is C=C/C=C/CC1C(c2ccccc2)CC(N(C)C)C(CC=C)C1c1ccccc1. The second-order valence-corrected chi connectivity index (χ2v) is 8.47. The lowest BCUT2D eigenvalue weighted by Crippen LogP contribution is -2.47. The maximum atomic E-state index is 4.11. The van der Waals surface area contributed by atoms with E-state index in [2.05, 4.69) is 111 Å². The number of hydrogen-bond donors (Lipinski definition) is 0. The van der Waals surface area contributed by atoms with Gasteiger partial charge in [-0.25, -0.2) is 0 Å². The Balaban J connectivity index is 2.11. The van der Waals surface area contributed by atoms with Crippen molar-refractivity contribution in [3.05, 3.63) is 109 Å². The maximum absolute atomic E-state index is 4.11. The molecule has 0 N–H and O–H groups in total. The molecule has 29 heavy (non-hydrogen) atoms. The molecule has 0 bridgehead atoms. The number of rotatable bonds is 8. The zero-order chi connectivity index (χ0) is 20.6. The normalized spacial score (nSPS) is 27.2. The minimum absolute atomic E-state index is 0.495. The van der Waals surface area contributed by atoms with E-state index < -0.39 is 0 Å². The van der Waals surface area contributed by atoms with Crippen LogP contribution in [0.2, 0.25) is 0 Å². The van der Waals surface area contributed by atoms with Gasteiger partial charge in [-0.1, -0.05) is 91.5 Å². The molecular weight excluding hydrogens is 350 g/mol. The van der Waals surface area contributed by atoms with Crippen molar-refractivity contribution in [2.24, 2.45) is 11.8 Å². The molecule has 0 aromatic heterocycles. The standard InChI is InChI=1S/C28H35N/c1-5-7-10-20-24-26(22-16-11-8-12-17-22)21-27(29(3)4)25(15-6-2)28(24)23-18-13-9-14-19-23/h5-14,16-19,24-28H,1-2,15,20-21H2,3-4H3/b10-7+. The van der Waals surface area contributed by atoms with Gasteiger partial charge in [-0.3, -0.25) is 0 Å². The molecule has 3 rings (SSSR count). The summed E-state index contributed by atoms with van der Waals surface area (Å²) in [5.74, 6) is 2.14. The van der Waals surface area contributed by atoms with E-state index in [0.717, 1.165) is 12.8 Å². The third-order valence-corrected chi connectivity index (χ3v) is 6.62. The van der Waals surface area contributed by atoms with Crippen molar-refractivity contribution in [2.45, 2.75) is 37.1 Å². The molecule has 2 aromatic rings. The van der Waals surface area contributed by atoms with Crippen LogP contribution < -0.4 is 0 Å². The van der Waals surface area contributed by atoms with Gasteiger partial charge in [0.25, 0.3) is 0 Å². The van der Waals surface area contributed by atoms with Crippen molar-refractivity contribution < 1.29 is 0 Å². The molecule has 5 atom stereocenters.